The molecule has 0 spiro atoms. The van der Waals surface area contributed by atoms with Crippen LogP contribution in [0.15, 0.2) is 18.2 Å². The Balaban J connectivity index is 1.53. The van der Waals surface area contributed by atoms with Gasteiger partial charge in [-0.2, -0.15) is 13.2 Å². The van der Waals surface area contributed by atoms with E-state index in [1.54, 1.807) is 4.90 Å². The smallest absolute Gasteiger partial charge is 0.378 e. The van der Waals surface area contributed by atoms with E-state index in [2.05, 4.69) is 29.0 Å². The first kappa shape index (κ1) is 25.8. The van der Waals surface area contributed by atoms with Gasteiger partial charge in [-0.3, -0.25) is 14.5 Å². The number of benzene rings is 1. The molecule has 3 aliphatic heterocycles. The zero-order chi connectivity index (χ0) is 25.2. The number of carbonyl (C=O) groups excluding carboxylic acids is 2. The van der Waals surface area contributed by atoms with Gasteiger partial charge in [0.05, 0.1) is 37.3 Å². The normalized spacial score (nSPS) is 23.1. The summed E-state index contributed by atoms with van der Waals surface area (Å²) in [5.41, 5.74) is 0.620. The summed E-state index contributed by atoms with van der Waals surface area (Å²) in [5, 5.41) is 3.00. The van der Waals surface area contributed by atoms with Gasteiger partial charge in [0.25, 0.3) is 0 Å². The summed E-state index contributed by atoms with van der Waals surface area (Å²) < 4.78 is 45.4. The highest BCUT2D eigenvalue weighted by molar-refractivity contribution is 5.82. The molecule has 35 heavy (non-hydrogen) atoms. The van der Waals surface area contributed by atoms with E-state index >= 15 is 0 Å². The molecular formula is C25H35F3N4O3. The average Bonchev–Trinajstić information content (AvgIpc) is 2.82. The number of amides is 2. The van der Waals surface area contributed by atoms with Gasteiger partial charge in [0, 0.05) is 45.0 Å². The molecule has 0 aliphatic carbocycles. The largest absolute Gasteiger partial charge is 0.416 e. The Bertz CT molecular complexity index is 918. The van der Waals surface area contributed by atoms with Crippen LogP contribution in [-0.4, -0.2) is 86.7 Å². The van der Waals surface area contributed by atoms with Gasteiger partial charge >= 0.3 is 6.18 Å². The van der Waals surface area contributed by atoms with Gasteiger partial charge in [0.15, 0.2) is 0 Å². The van der Waals surface area contributed by atoms with Gasteiger partial charge in [-0.15, -0.1) is 0 Å². The van der Waals surface area contributed by atoms with Crippen molar-refractivity contribution in [1.82, 2.24) is 15.1 Å². The zero-order valence-corrected chi connectivity index (χ0v) is 20.4. The van der Waals surface area contributed by atoms with E-state index in [-0.39, 0.29) is 30.8 Å². The summed E-state index contributed by atoms with van der Waals surface area (Å²) in [4.78, 5) is 32.0. The molecule has 194 valence electrons. The van der Waals surface area contributed by atoms with E-state index < -0.39 is 17.7 Å². The Morgan fingerprint density at radius 3 is 2.57 bits per heavy atom. The summed E-state index contributed by atoms with van der Waals surface area (Å²) in [6.07, 6.45) is -3.35. The van der Waals surface area contributed by atoms with Crippen molar-refractivity contribution in [3.8, 4) is 0 Å². The molecule has 3 aliphatic rings. The number of anilines is 1. The van der Waals surface area contributed by atoms with Crippen LogP contribution in [0.4, 0.5) is 18.9 Å². The lowest BCUT2D eigenvalue weighted by Crippen LogP contribution is -2.62. The highest BCUT2D eigenvalue weighted by atomic mass is 19.4. The van der Waals surface area contributed by atoms with Crippen LogP contribution < -0.4 is 10.2 Å². The van der Waals surface area contributed by atoms with Crippen molar-refractivity contribution >= 4 is 17.5 Å². The Morgan fingerprint density at radius 2 is 1.89 bits per heavy atom. The van der Waals surface area contributed by atoms with Gasteiger partial charge in [0.2, 0.25) is 11.8 Å². The van der Waals surface area contributed by atoms with Gasteiger partial charge in [-0.1, -0.05) is 13.8 Å². The van der Waals surface area contributed by atoms with Crippen LogP contribution in [0.5, 0.6) is 0 Å². The Morgan fingerprint density at radius 1 is 1.14 bits per heavy atom. The number of hydrogen-bond donors (Lipinski definition) is 1. The minimum atomic E-state index is -4.43. The summed E-state index contributed by atoms with van der Waals surface area (Å²) in [6, 6.07) is 3.64. The van der Waals surface area contributed by atoms with Crippen molar-refractivity contribution in [1.29, 1.82) is 0 Å². The molecule has 2 amide bonds. The molecule has 7 nitrogen and oxygen atoms in total. The standard InChI is InChI=1S/C25H35F3N4O3/c1-17(2)5-6-29-24(34)20-14-18-13-19(25(26,27)28)3-4-21(18)32-8-7-30(15-22(20)32)16-23(33)31-9-11-35-12-10-31/h3-4,13,17,20,22H,5-12,14-16H2,1-2H3,(H,29,34)/t20-,22+/m1/s1. The molecule has 1 N–H and O–H groups in total. The van der Waals surface area contributed by atoms with Crippen LogP contribution in [0.3, 0.4) is 0 Å². The first-order valence-corrected chi connectivity index (χ1v) is 12.5. The third kappa shape index (κ3) is 6.09. The van der Waals surface area contributed by atoms with Crippen molar-refractivity contribution < 1.29 is 27.5 Å². The van der Waals surface area contributed by atoms with Crippen LogP contribution in [0.1, 0.15) is 31.4 Å². The molecular weight excluding hydrogens is 461 g/mol. The second kappa shape index (κ2) is 10.7. The lowest BCUT2D eigenvalue weighted by Gasteiger charge is -2.49. The van der Waals surface area contributed by atoms with Crippen LogP contribution in [0.2, 0.25) is 0 Å². The fourth-order valence-corrected chi connectivity index (χ4v) is 5.22. The topological polar surface area (TPSA) is 65.1 Å². The number of fused-ring (bicyclic) bond motifs is 3. The summed E-state index contributed by atoms with van der Waals surface area (Å²) in [7, 11) is 0. The predicted octanol–water partition coefficient (Wildman–Crippen LogP) is 2.39. The molecule has 0 bridgehead atoms. The predicted molar refractivity (Wildman–Crippen MR) is 126 cm³/mol. The van der Waals surface area contributed by atoms with E-state index in [1.165, 1.54) is 12.1 Å². The molecule has 0 aromatic heterocycles. The van der Waals surface area contributed by atoms with Crippen LogP contribution >= 0.6 is 0 Å². The lowest BCUT2D eigenvalue weighted by atomic mass is 9.82. The van der Waals surface area contributed by atoms with E-state index in [4.69, 9.17) is 4.74 Å². The molecule has 1 aromatic rings. The van der Waals surface area contributed by atoms with E-state index in [0.29, 0.717) is 64.0 Å². The fraction of sp³-hybridized carbons (Fsp3) is 0.680. The fourth-order valence-electron chi connectivity index (χ4n) is 5.22. The minimum absolute atomic E-state index is 0.0470. The maximum absolute atomic E-state index is 13.4. The quantitative estimate of drug-likeness (QED) is 0.655. The van der Waals surface area contributed by atoms with Gasteiger partial charge in [-0.25, -0.2) is 0 Å². The summed E-state index contributed by atoms with van der Waals surface area (Å²) >= 11 is 0. The monoisotopic (exact) mass is 496 g/mol. The van der Waals surface area contributed by atoms with Crippen molar-refractivity contribution in [2.24, 2.45) is 11.8 Å². The molecule has 1 aromatic carbocycles. The van der Waals surface area contributed by atoms with Crippen molar-refractivity contribution in [2.75, 3.05) is 63.9 Å². The maximum Gasteiger partial charge on any atom is 0.416 e. The van der Waals surface area contributed by atoms with E-state index in [9.17, 15) is 22.8 Å². The molecule has 3 heterocycles. The molecule has 2 atom stereocenters. The summed E-state index contributed by atoms with van der Waals surface area (Å²) in [6.45, 7) is 8.87. The summed E-state index contributed by atoms with van der Waals surface area (Å²) in [5.74, 6) is -0.139. The van der Waals surface area contributed by atoms with Crippen molar-refractivity contribution in [3.63, 3.8) is 0 Å². The van der Waals surface area contributed by atoms with Crippen molar-refractivity contribution in [2.45, 2.75) is 38.9 Å². The van der Waals surface area contributed by atoms with Crippen LogP contribution in [-0.2, 0) is 26.9 Å². The SMILES string of the molecule is CC(C)CCNC(=O)[C@@H]1Cc2cc(C(F)(F)F)ccc2N2CCN(CC(=O)N3CCOCC3)C[C@@H]12. The number of nitrogens with one attached hydrogen (secondary N) is 1. The maximum atomic E-state index is 13.4. The Labute approximate surface area is 204 Å². The molecule has 2 saturated heterocycles. The number of piperazine rings is 1. The minimum Gasteiger partial charge on any atom is -0.378 e. The molecule has 0 saturated carbocycles. The van der Waals surface area contributed by atoms with E-state index in [0.717, 1.165) is 18.2 Å². The second-order valence-electron chi connectivity index (χ2n) is 10.1. The number of nitrogens with zero attached hydrogens (tertiary/aromatic N) is 3. The second-order valence-corrected chi connectivity index (χ2v) is 10.1. The number of ether oxygens (including phenoxy) is 1. The molecule has 10 heteroatoms. The number of rotatable bonds is 6. The number of hydrogen-bond acceptors (Lipinski definition) is 5. The Hall–Kier alpha value is -2.33. The Kier molecular flexibility index (Phi) is 7.90. The number of morpholine rings is 1. The number of alkyl halides is 3. The first-order chi connectivity index (χ1) is 16.6. The third-order valence-corrected chi connectivity index (χ3v) is 7.20. The first-order valence-electron chi connectivity index (χ1n) is 12.5. The number of carbonyl (C=O) groups is 2. The third-order valence-electron chi connectivity index (χ3n) is 7.20. The molecule has 0 unspecified atom stereocenters. The molecule has 0 radical (unpaired) electrons. The average molecular weight is 497 g/mol. The highest BCUT2D eigenvalue weighted by Crippen LogP contribution is 2.39. The highest BCUT2D eigenvalue weighted by Gasteiger charge is 2.43. The number of halogens is 3. The van der Waals surface area contributed by atoms with Gasteiger partial charge in [0.1, 0.15) is 0 Å². The zero-order valence-electron chi connectivity index (χ0n) is 20.4. The molecule has 4 rings (SSSR count). The van der Waals surface area contributed by atoms with Crippen molar-refractivity contribution in [3.05, 3.63) is 29.3 Å². The van der Waals surface area contributed by atoms with Crippen LogP contribution in [0.25, 0.3) is 0 Å². The van der Waals surface area contributed by atoms with Gasteiger partial charge in [-0.05, 0) is 42.5 Å². The van der Waals surface area contributed by atoms with Crippen LogP contribution in [0, 0.1) is 11.8 Å². The van der Waals surface area contributed by atoms with Gasteiger partial charge < -0.3 is 19.9 Å². The molecule has 2 fully saturated rings. The van der Waals surface area contributed by atoms with E-state index in [1.807, 2.05) is 0 Å². The lowest BCUT2D eigenvalue weighted by molar-refractivity contribution is -0.138.